The quantitative estimate of drug-likeness (QED) is 0.622. The normalized spacial score (nSPS) is 21.8. The van der Waals surface area contributed by atoms with Crippen LogP contribution in [0.15, 0.2) is 73.1 Å². The third-order valence-corrected chi connectivity index (χ3v) is 5.75. The molecule has 1 saturated heterocycles. The van der Waals surface area contributed by atoms with Gasteiger partial charge in [0.05, 0.1) is 24.1 Å². The molecule has 1 aliphatic rings. The second-order valence-corrected chi connectivity index (χ2v) is 7.57. The molecule has 3 atom stereocenters. The molecule has 6 nitrogen and oxygen atoms in total. The van der Waals surface area contributed by atoms with Crippen LogP contribution in [0.5, 0.6) is 5.75 Å². The Kier molecular flexibility index (Phi) is 5.29. The van der Waals surface area contributed by atoms with Gasteiger partial charge in [-0.1, -0.05) is 24.3 Å². The summed E-state index contributed by atoms with van der Waals surface area (Å²) in [5.41, 5.74) is -1.04. The van der Waals surface area contributed by atoms with Crippen molar-refractivity contribution in [3.05, 3.63) is 95.8 Å². The van der Waals surface area contributed by atoms with Gasteiger partial charge < -0.3 is 10.4 Å². The molecule has 0 saturated carbocycles. The largest absolute Gasteiger partial charge is 0.503 e. The highest BCUT2D eigenvalue weighted by Gasteiger charge is 2.61. The molecule has 3 aromatic rings. The Morgan fingerprint density at radius 3 is 2.03 bits per heavy atom. The van der Waals surface area contributed by atoms with Crippen LogP contribution in [-0.2, 0) is 4.79 Å². The molecule has 1 fully saturated rings. The first-order chi connectivity index (χ1) is 15.4. The molecule has 3 unspecified atom stereocenters. The van der Waals surface area contributed by atoms with Gasteiger partial charge in [-0.15, -0.1) is 0 Å². The highest BCUT2D eigenvalue weighted by Crippen LogP contribution is 2.52. The van der Waals surface area contributed by atoms with Crippen molar-refractivity contribution in [2.24, 2.45) is 5.41 Å². The van der Waals surface area contributed by atoms with Crippen LogP contribution in [0.3, 0.4) is 0 Å². The van der Waals surface area contributed by atoms with E-state index in [-0.39, 0.29) is 5.75 Å². The average molecular weight is 431 g/mol. The molecule has 4 rings (SSSR count). The Hall–Kier alpha value is -4.30. The summed E-state index contributed by atoms with van der Waals surface area (Å²) in [5.74, 6) is -2.67. The smallest absolute Gasteiger partial charge is 0.290 e. The van der Waals surface area contributed by atoms with E-state index in [1.165, 1.54) is 77.6 Å². The lowest BCUT2D eigenvalue weighted by Crippen LogP contribution is -2.61. The van der Waals surface area contributed by atoms with Crippen LogP contribution in [0.2, 0.25) is 0 Å². The standard InChI is InChI=1S/C24H16F2N4O2/c25-17-7-3-15(4-8-17)20-21(30-11-1-2-19(31)12-30)23(32)29-22(24(20,13-27)14-28)16-5-9-18(26)10-6-16/h1-12,20-22H,(H-,29,31,32)/p+1. The van der Waals surface area contributed by atoms with E-state index in [1.54, 1.807) is 0 Å². The lowest BCUT2D eigenvalue weighted by Gasteiger charge is -2.42. The van der Waals surface area contributed by atoms with Crippen LogP contribution in [0.4, 0.5) is 8.78 Å². The van der Waals surface area contributed by atoms with E-state index < -0.39 is 41.0 Å². The number of aromatic hydroxyl groups is 1. The number of amides is 1. The number of rotatable bonds is 3. The van der Waals surface area contributed by atoms with Crippen molar-refractivity contribution in [2.45, 2.75) is 18.0 Å². The summed E-state index contributed by atoms with van der Waals surface area (Å²) < 4.78 is 28.6. The number of nitrogens with one attached hydrogen (secondary N) is 1. The Bertz CT molecular complexity index is 1230. The number of benzene rings is 2. The molecule has 2 aromatic carbocycles. The van der Waals surface area contributed by atoms with Crippen molar-refractivity contribution in [1.82, 2.24) is 5.32 Å². The Morgan fingerprint density at radius 1 is 0.938 bits per heavy atom. The number of aromatic nitrogens is 1. The van der Waals surface area contributed by atoms with E-state index in [9.17, 15) is 29.2 Å². The van der Waals surface area contributed by atoms with Crippen molar-refractivity contribution in [2.75, 3.05) is 0 Å². The highest BCUT2D eigenvalue weighted by atomic mass is 19.1. The van der Waals surface area contributed by atoms with Gasteiger partial charge in [0.15, 0.2) is 17.4 Å². The predicted octanol–water partition coefficient (Wildman–Crippen LogP) is 3.19. The SMILES string of the molecule is N#CC1(C#N)C(c2ccc(F)cc2)NC(=O)C([n+]2cccc(O)c2)C1c1ccc(F)cc1. The van der Waals surface area contributed by atoms with Gasteiger partial charge in [0.2, 0.25) is 12.2 Å². The van der Waals surface area contributed by atoms with Crippen LogP contribution >= 0.6 is 0 Å². The molecule has 1 aliphatic heterocycles. The third kappa shape index (κ3) is 3.42. The molecule has 2 N–H and O–H groups in total. The molecule has 2 heterocycles. The molecular formula is C24H17F2N4O2+. The van der Waals surface area contributed by atoms with Gasteiger partial charge in [0.1, 0.15) is 11.6 Å². The molecule has 158 valence electrons. The van der Waals surface area contributed by atoms with Crippen LogP contribution in [0, 0.1) is 39.7 Å². The van der Waals surface area contributed by atoms with Crippen molar-refractivity contribution in [1.29, 1.82) is 10.5 Å². The maximum Gasteiger partial charge on any atom is 0.290 e. The van der Waals surface area contributed by atoms with Crippen molar-refractivity contribution >= 4 is 5.91 Å². The van der Waals surface area contributed by atoms with Crippen LogP contribution in [0.1, 0.15) is 29.1 Å². The minimum Gasteiger partial charge on any atom is -0.503 e. The molecule has 1 amide bonds. The minimum atomic E-state index is -1.83. The lowest BCUT2D eigenvalue weighted by atomic mass is 9.62. The fraction of sp³-hybridized carbons (Fsp3) is 0.167. The summed E-state index contributed by atoms with van der Waals surface area (Å²) in [4.78, 5) is 13.3. The Morgan fingerprint density at radius 2 is 1.50 bits per heavy atom. The first-order valence-electron chi connectivity index (χ1n) is 9.73. The molecule has 0 radical (unpaired) electrons. The van der Waals surface area contributed by atoms with Gasteiger partial charge in [-0.3, -0.25) is 4.79 Å². The number of halogens is 2. The fourth-order valence-electron chi connectivity index (χ4n) is 4.29. The molecule has 0 spiro atoms. The van der Waals surface area contributed by atoms with Crippen LogP contribution in [0.25, 0.3) is 0 Å². The molecule has 0 aliphatic carbocycles. The van der Waals surface area contributed by atoms with E-state index >= 15 is 0 Å². The number of carbonyl (C=O) groups excluding carboxylic acids is 1. The van der Waals surface area contributed by atoms with Crippen molar-refractivity contribution in [3.63, 3.8) is 0 Å². The summed E-state index contributed by atoms with van der Waals surface area (Å²) >= 11 is 0. The number of nitrogens with zero attached hydrogens (tertiary/aromatic N) is 3. The second kappa shape index (κ2) is 8.09. The maximum absolute atomic E-state index is 13.7. The molecular weight excluding hydrogens is 414 g/mol. The molecule has 1 aromatic heterocycles. The van der Waals surface area contributed by atoms with E-state index in [0.29, 0.717) is 11.1 Å². The summed E-state index contributed by atoms with van der Waals surface area (Å²) in [6, 6.07) is 15.4. The lowest BCUT2D eigenvalue weighted by molar-refractivity contribution is -0.715. The zero-order chi connectivity index (χ0) is 22.9. The molecule has 8 heteroatoms. The summed E-state index contributed by atoms with van der Waals surface area (Å²) in [6.07, 6.45) is 2.86. The van der Waals surface area contributed by atoms with E-state index in [1.807, 2.05) is 0 Å². The Labute approximate surface area is 182 Å². The van der Waals surface area contributed by atoms with Gasteiger partial charge in [0.25, 0.3) is 5.91 Å². The molecule has 32 heavy (non-hydrogen) atoms. The van der Waals surface area contributed by atoms with Gasteiger partial charge in [0, 0.05) is 6.07 Å². The number of carbonyl (C=O) groups is 1. The molecule has 0 bridgehead atoms. The van der Waals surface area contributed by atoms with Crippen molar-refractivity contribution in [3.8, 4) is 17.9 Å². The second-order valence-electron chi connectivity index (χ2n) is 7.57. The van der Waals surface area contributed by atoms with E-state index in [4.69, 9.17) is 0 Å². The zero-order valence-electron chi connectivity index (χ0n) is 16.6. The predicted molar refractivity (Wildman–Crippen MR) is 107 cm³/mol. The maximum atomic E-state index is 13.7. The van der Waals surface area contributed by atoms with E-state index in [0.717, 1.165) is 0 Å². The topological polar surface area (TPSA) is 101 Å². The zero-order valence-corrected chi connectivity index (χ0v) is 16.6. The minimum absolute atomic E-state index is 0.113. The van der Waals surface area contributed by atoms with Crippen LogP contribution < -0.4 is 9.88 Å². The Balaban J connectivity index is 1.97. The summed E-state index contributed by atoms with van der Waals surface area (Å²) in [6.45, 7) is 0. The van der Waals surface area contributed by atoms with Gasteiger partial charge in [-0.05, 0) is 41.5 Å². The van der Waals surface area contributed by atoms with Crippen molar-refractivity contribution < 1.29 is 23.2 Å². The number of hydrogen-bond donors (Lipinski definition) is 2. The van der Waals surface area contributed by atoms with Gasteiger partial charge in [-0.2, -0.15) is 15.1 Å². The fourth-order valence-corrected chi connectivity index (χ4v) is 4.29. The first-order valence-corrected chi connectivity index (χ1v) is 9.73. The van der Waals surface area contributed by atoms with Gasteiger partial charge in [-0.25, -0.2) is 8.78 Å². The number of nitriles is 2. The first kappa shape index (κ1) is 21.0. The monoisotopic (exact) mass is 431 g/mol. The van der Waals surface area contributed by atoms with Gasteiger partial charge >= 0.3 is 0 Å². The average Bonchev–Trinajstić information content (AvgIpc) is 2.80. The number of pyridine rings is 1. The summed E-state index contributed by atoms with van der Waals surface area (Å²) in [7, 11) is 0. The summed E-state index contributed by atoms with van der Waals surface area (Å²) in [5, 5.41) is 33.3. The van der Waals surface area contributed by atoms with Crippen LogP contribution in [-0.4, -0.2) is 11.0 Å². The third-order valence-electron chi connectivity index (χ3n) is 5.75. The highest BCUT2D eigenvalue weighted by molar-refractivity contribution is 5.83. The van der Waals surface area contributed by atoms with E-state index in [2.05, 4.69) is 17.5 Å². The number of hydrogen-bond acceptors (Lipinski definition) is 4. The number of piperidine rings is 1.